The molecule has 0 spiro atoms. The van der Waals surface area contributed by atoms with Gasteiger partial charge in [-0.05, 0) is 6.42 Å². The number of nitrogens with zero attached hydrogens (tertiary/aromatic N) is 3. The first-order valence-electron chi connectivity index (χ1n) is 9.47. The number of hydrogen-bond donors (Lipinski definition) is 7. The largest absolute Gasteiger partial charge is 0.480 e. The molecule has 2 aromatic heterocycles. The predicted octanol–water partition coefficient (Wildman–Crippen LogP) is -2.15. The topological polar surface area (TPSA) is 229 Å². The summed E-state index contributed by atoms with van der Waals surface area (Å²) < 4.78 is 1.60. The van der Waals surface area contributed by atoms with E-state index in [1.165, 1.54) is 24.4 Å². The van der Waals surface area contributed by atoms with Gasteiger partial charge in [-0.25, -0.2) is 9.97 Å². The van der Waals surface area contributed by atoms with Crippen LogP contribution in [0.4, 0.5) is 0 Å². The highest BCUT2D eigenvalue weighted by atomic mass is 32.2. The first kappa shape index (κ1) is 24.8. The first-order chi connectivity index (χ1) is 15.2. The number of fused-ring (bicyclic) bond motifs is 1. The van der Waals surface area contributed by atoms with Gasteiger partial charge in [0.2, 0.25) is 11.8 Å². The number of carbonyl (C=O) groups is 4. The SMILES string of the molecule is N=c1c2[nH]cnc2ncn1CCSC[C@H](NC(=O)CC[C@H](N)C(=O)O)C(=O)NCC(=O)O. The highest BCUT2D eigenvalue weighted by Crippen LogP contribution is 2.06. The summed E-state index contributed by atoms with van der Waals surface area (Å²) in [5, 5.41) is 30.4. The predicted molar refractivity (Wildman–Crippen MR) is 112 cm³/mol. The summed E-state index contributed by atoms with van der Waals surface area (Å²) >= 11 is 1.31. The molecular weight excluding hydrogens is 444 g/mol. The molecule has 0 fully saturated rings. The van der Waals surface area contributed by atoms with E-state index in [4.69, 9.17) is 21.4 Å². The Morgan fingerprint density at radius 3 is 2.72 bits per heavy atom. The van der Waals surface area contributed by atoms with E-state index >= 15 is 0 Å². The maximum absolute atomic E-state index is 12.3. The fourth-order valence-corrected chi connectivity index (χ4v) is 3.53. The maximum Gasteiger partial charge on any atom is 0.322 e. The van der Waals surface area contributed by atoms with E-state index in [0.29, 0.717) is 23.5 Å². The number of thioether (sulfide) groups is 1. The van der Waals surface area contributed by atoms with Crippen molar-refractivity contribution < 1.29 is 29.4 Å². The quantitative estimate of drug-likeness (QED) is 0.158. The van der Waals surface area contributed by atoms with Gasteiger partial charge in [0.05, 0.1) is 12.7 Å². The lowest BCUT2D eigenvalue weighted by Crippen LogP contribution is -2.49. The van der Waals surface area contributed by atoms with Crippen molar-refractivity contribution in [2.45, 2.75) is 31.5 Å². The number of carbonyl (C=O) groups excluding carboxylic acids is 2. The second kappa shape index (κ2) is 11.8. The molecule has 0 saturated carbocycles. The van der Waals surface area contributed by atoms with Crippen LogP contribution in [0.1, 0.15) is 12.8 Å². The van der Waals surface area contributed by atoms with Crippen molar-refractivity contribution in [2.75, 3.05) is 18.1 Å². The molecule has 0 aromatic carbocycles. The Morgan fingerprint density at radius 2 is 2.03 bits per heavy atom. The van der Waals surface area contributed by atoms with Crippen molar-refractivity contribution >= 4 is 46.7 Å². The Labute approximate surface area is 185 Å². The molecule has 0 saturated heterocycles. The lowest BCUT2D eigenvalue weighted by Gasteiger charge is -2.18. The third kappa shape index (κ3) is 7.35. The van der Waals surface area contributed by atoms with Crippen molar-refractivity contribution in [1.82, 2.24) is 30.2 Å². The summed E-state index contributed by atoms with van der Waals surface area (Å²) in [5.41, 5.74) is 6.50. The van der Waals surface area contributed by atoms with Crippen LogP contribution < -0.4 is 21.9 Å². The number of hydrogen-bond acceptors (Lipinski definition) is 9. The molecule has 14 nitrogen and oxygen atoms in total. The molecule has 2 atom stereocenters. The van der Waals surface area contributed by atoms with E-state index in [-0.39, 0.29) is 24.1 Å². The third-order valence-electron chi connectivity index (χ3n) is 4.29. The number of H-pyrrole nitrogens is 1. The molecular formula is C17H24N8O6S. The van der Waals surface area contributed by atoms with Crippen LogP contribution in [0.5, 0.6) is 0 Å². The lowest BCUT2D eigenvalue weighted by molar-refractivity contribution is -0.139. The summed E-state index contributed by atoms with van der Waals surface area (Å²) in [5.74, 6) is -3.11. The number of aromatic amines is 1. The maximum atomic E-state index is 12.3. The first-order valence-corrected chi connectivity index (χ1v) is 10.6. The second-order valence-electron chi connectivity index (χ2n) is 6.68. The van der Waals surface area contributed by atoms with Gasteiger partial charge in [0.1, 0.15) is 24.1 Å². The van der Waals surface area contributed by atoms with Crippen LogP contribution >= 0.6 is 11.8 Å². The molecule has 2 aromatic rings. The number of aliphatic carboxylic acids is 2. The van der Waals surface area contributed by atoms with Crippen LogP contribution in [-0.4, -0.2) is 83.6 Å². The normalized spacial score (nSPS) is 12.8. The Balaban J connectivity index is 1.91. The highest BCUT2D eigenvalue weighted by molar-refractivity contribution is 7.99. The Hall–Kier alpha value is -3.46. The standard InChI is InChI=1S/C17H24N8O6S/c18-9(17(30)31)1-2-11(26)24-10(16(29)20-5-12(27)28)6-32-4-3-25-8-23-15-13(14(25)19)21-7-22-15/h7-10,19H,1-6,18H2,(H,20,29)(H,21,22)(H,24,26)(H,27,28)(H,30,31)/t9-,10-/m0/s1. The summed E-state index contributed by atoms with van der Waals surface area (Å²) in [6.07, 6.45) is 2.62. The molecule has 0 unspecified atom stereocenters. The summed E-state index contributed by atoms with van der Waals surface area (Å²) in [4.78, 5) is 56.8. The molecule has 0 aliphatic carbocycles. The van der Waals surface area contributed by atoms with Gasteiger partial charge in [-0.2, -0.15) is 11.8 Å². The fourth-order valence-electron chi connectivity index (χ4n) is 2.56. The van der Waals surface area contributed by atoms with E-state index < -0.39 is 42.4 Å². The number of nitrogens with one attached hydrogen (secondary N) is 4. The minimum atomic E-state index is -1.24. The minimum absolute atomic E-state index is 0.107. The van der Waals surface area contributed by atoms with Crippen molar-refractivity contribution in [3.05, 3.63) is 18.1 Å². The van der Waals surface area contributed by atoms with E-state index in [2.05, 4.69) is 25.6 Å². The zero-order valence-electron chi connectivity index (χ0n) is 16.9. The van der Waals surface area contributed by atoms with Crippen molar-refractivity contribution in [1.29, 1.82) is 5.41 Å². The Kier molecular flexibility index (Phi) is 9.15. The van der Waals surface area contributed by atoms with E-state index in [1.807, 2.05) is 0 Å². The van der Waals surface area contributed by atoms with Crippen LogP contribution in [0.25, 0.3) is 11.2 Å². The van der Waals surface area contributed by atoms with Crippen LogP contribution in [0.3, 0.4) is 0 Å². The molecule has 2 amide bonds. The molecule has 174 valence electrons. The zero-order valence-corrected chi connectivity index (χ0v) is 17.7. The van der Waals surface area contributed by atoms with Gasteiger partial charge in [-0.3, -0.25) is 24.6 Å². The molecule has 15 heteroatoms. The molecule has 2 rings (SSSR count). The van der Waals surface area contributed by atoms with E-state index in [1.54, 1.807) is 4.57 Å². The zero-order chi connectivity index (χ0) is 23.7. The molecule has 0 radical (unpaired) electrons. The fraction of sp³-hybridized carbons (Fsp3) is 0.471. The van der Waals surface area contributed by atoms with Gasteiger partial charge in [-0.15, -0.1) is 0 Å². The molecule has 2 heterocycles. The number of carboxylic acids is 2. The highest BCUT2D eigenvalue weighted by Gasteiger charge is 2.22. The second-order valence-corrected chi connectivity index (χ2v) is 7.83. The number of aryl methyl sites for hydroxylation is 1. The smallest absolute Gasteiger partial charge is 0.322 e. The monoisotopic (exact) mass is 468 g/mol. The van der Waals surface area contributed by atoms with Gasteiger partial charge in [0.25, 0.3) is 0 Å². The van der Waals surface area contributed by atoms with Crippen LogP contribution in [0, 0.1) is 5.41 Å². The average molecular weight is 468 g/mol. The number of aromatic nitrogens is 4. The molecule has 0 bridgehead atoms. The molecule has 32 heavy (non-hydrogen) atoms. The van der Waals surface area contributed by atoms with Gasteiger partial charge < -0.3 is 36.1 Å². The Bertz CT molecular complexity index is 1040. The summed E-state index contributed by atoms with van der Waals surface area (Å²) in [6, 6.07) is -2.23. The molecule has 0 aliphatic rings. The van der Waals surface area contributed by atoms with E-state index in [9.17, 15) is 19.2 Å². The lowest BCUT2D eigenvalue weighted by atomic mass is 10.1. The number of amides is 2. The van der Waals surface area contributed by atoms with Crippen molar-refractivity contribution in [3.63, 3.8) is 0 Å². The molecule has 8 N–H and O–H groups in total. The van der Waals surface area contributed by atoms with Crippen LogP contribution in [-0.2, 0) is 25.7 Å². The number of imidazole rings is 1. The number of nitrogens with two attached hydrogens (primary N) is 1. The van der Waals surface area contributed by atoms with Crippen molar-refractivity contribution in [3.8, 4) is 0 Å². The van der Waals surface area contributed by atoms with Crippen LogP contribution in [0.2, 0.25) is 0 Å². The summed E-state index contributed by atoms with van der Waals surface area (Å²) in [6.45, 7) is -0.204. The third-order valence-corrected chi connectivity index (χ3v) is 5.33. The average Bonchev–Trinajstić information content (AvgIpc) is 3.23. The van der Waals surface area contributed by atoms with Crippen molar-refractivity contribution in [2.24, 2.45) is 5.73 Å². The van der Waals surface area contributed by atoms with E-state index in [0.717, 1.165) is 0 Å². The number of carboxylic acid groups (broad SMARTS) is 2. The van der Waals surface area contributed by atoms with Gasteiger partial charge in [-0.1, -0.05) is 0 Å². The molecule has 0 aliphatic heterocycles. The summed E-state index contributed by atoms with van der Waals surface area (Å²) in [7, 11) is 0. The van der Waals surface area contributed by atoms with Crippen LogP contribution in [0.15, 0.2) is 12.7 Å². The minimum Gasteiger partial charge on any atom is -0.480 e. The Morgan fingerprint density at radius 1 is 1.28 bits per heavy atom. The van der Waals surface area contributed by atoms with Gasteiger partial charge in [0.15, 0.2) is 11.1 Å². The van der Waals surface area contributed by atoms with Gasteiger partial charge >= 0.3 is 11.9 Å². The van der Waals surface area contributed by atoms with Gasteiger partial charge in [0, 0.05) is 24.5 Å². The number of rotatable bonds is 13.